The molecule has 11 heteroatoms. The summed E-state index contributed by atoms with van der Waals surface area (Å²) in [5.41, 5.74) is 1.71. The Labute approximate surface area is 174 Å². The van der Waals surface area contributed by atoms with Gasteiger partial charge in [0, 0.05) is 17.8 Å². The van der Waals surface area contributed by atoms with Crippen molar-refractivity contribution in [2.24, 2.45) is 0 Å². The SMILES string of the molecule is Cc1[nH]c(C(=O)Nc2ccc(-c3n[nH]c(=O)o3)cc2OC2CCNC2)c(Cl)c1Cl. The number of H-pyrrole nitrogens is 2. The van der Waals surface area contributed by atoms with Crippen molar-refractivity contribution < 1.29 is 13.9 Å². The summed E-state index contributed by atoms with van der Waals surface area (Å²) in [7, 11) is 0. The number of nitrogens with one attached hydrogen (secondary N) is 4. The van der Waals surface area contributed by atoms with E-state index in [1.54, 1.807) is 25.1 Å². The Morgan fingerprint density at radius 2 is 2.17 bits per heavy atom. The van der Waals surface area contributed by atoms with Crippen LogP contribution < -0.4 is 21.1 Å². The molecule has 2 aromatic heterocycles. The van der Waals surface area contributed by atoms with E-state index < -0.39 is 11.7 Å². The molecule has 1 amide bonds. The molecule has 4 rings (SSSR count). The number of carbonyl (C=O) groups is 1. The zero-order chi connectivity index (χ0) is 20.5. The van der Waals surface area contributed by atoms with Crippen LogP contribution in [-0.2, 0) is 0 Å². The molecule has 1 aromatic carbocycles. The van der Waals surface area contributed by atoms with Gasteiger partial charge < -0.3 is 24.8 Å². The number of halogens is 2. The van der Waals surface area contributed by atoms with E-state index in [-0.39, 0.29) is 22.7 Å². The summed E-state index contributed by atoms with van der Waals surface area (Å²) in [6, 6.07) is 4.95. The van der Waals surface area contributed by atoms with Crippen LogP contribution in [0.4, 0.5) is 5.69 Å². The number of aryl methyl sites for hydroxylation is 1. The summed E-state index contributed by atoms with van der Waals surface area (Å²) >= 11 is 12.2. The molecular formula is C18H17Cl2N5O4. The molecule has 0 saturated carbocycles. The van der Waals surface area contributed by atoms with Crippen molar-refractivity contribution in [1.82, 2.24) is 20.5 Å². The van der Waals surface area contributed by atoms with Gasteiger partial charge in [-0.1, -0.05) is 23.2 Å². The first-order valence-electron chi connectivity index (χ1n) is 8.84. The first-order valence-corrected chi connectivity index (χ1v) is 9.60. The molecule has 0 spiro atoms. The van der Waals surface area contributed by atoms with Gasteiger partial charge in [0.15, 0.2) is 0 Å². The number of amides is 1. The summed E-state index contributed by atoms with van der Waals surface area (Å²) in [6.07, 6.45) is 0.768. The van der Waals surface area contributed by atoms with Gasteiger partial charge in [0.25, 0.3) is 5.91 Å². The molecule has 0 aliphatic carbocycles. The number of rotatable bonds is 5. The number of anilines is 1. The monoisotopic (exact) mass is 437 g/mol. The highest BCUT2D eigenvalue weighted by Crippen LogP contribution is 2.33. The fourth-order valence-corrected chi connectivity index (χ4v) is 3.45. The highest BCUT2D eigenvalue weighted by Gasteiger charge is 2.22. The van der Waals surface area contributed by atoms with Crippen LogP contribution in [0.25, 0.3) is 11.5 Å². The van der Waals surface area contributed by atoms with Crippen molar-refractivity contribution in [3.8, 4) is 17.2 Å². The van der Waals surface area contributed by atoms with Crippen LogP contribution in [0.3, 0.4) is 0 Å². The van der Waals surface area contributed by atoms with Crippen LogP contribution in [0.1, 0.15) is 22.6 Å². The van der Waals surface area contributed by atoms with Crippen LogP contribution in [-0.4, -0.2) is 40.3 Å². The lowest BCUT2D eigenvalue weighted by Crippen LogP contribution is -2.21. The Morgan fingerprint density at radius 1 is 1.34 bits per heavy atom. The predicted molar refractivity (Wildman–Crippen MR) is 108 cm³/mol. The van der Waals surface area contributed by atoms with Crippen LogP contribution in [0.5, 0.6) is 5.75 Å². The minimum absolute atomic E-state index is 0.0575. The summed E-state index contributed by atoms with van der Waals surface area (Å²) in [5.74, 6) is -0.579. The van der Waals surface area contributed by atoms with Crippen molar-refractivity contribution in [1.29, 1.82) is 0 Å². The molecule has 4 N–H and O–H groups in total. The number of benzene rings is 1. The van der Waals surface area contributed by atoms with Crippen LogP contribution in [0, 0.1) is 6.92 Å². The second kappa shape index (κ2) is 7.94. The van der Waals surface area contributed by atoms with E-state index in [4.69, 9.17) is 32.4 Å². The van der Waals surface area contributed by atoms with E-state index in [1.165, 1.54) is 0 Å². The average molecular weight is 438 g/mol. The van der Waals surface area contributed by atoms with Crippen molar-refractivity contribution in [2.45, 2.75) is 19.4 Å². The number of ether oxygens (including phenoxy) is 1. The third kappa shape index (κ3) is 4.02. The largest absolute Gasteiger partial charge is 0.487 e. The number of carbonyl (C=O) groups excluding carboxylic acids is 1. The molecule has 1 fully saturated rings. The van der Waals surface area contributed by atoms with Crippen LogP contribution in [0.2, 0.25) is 10.0 Å². The first kappa shape index (κ1) is 19.6. The third-order valence-electron chi connectivity index (χ3n) is 4.50. The van der Waals surface area contributed by atoms with Gasteiger partial charge >= 0.3 is 5.76 Å². The Morgan fingerprint density at radius 3 is 2.79 bits per heavy atom. The molecule has 1 atom stereocenters. The highest BCUT2D eigenvalue weighted by atomic mass is 35.5. The van der Waals surface area contributed by atoms with Gasteiger partial charge in [0.1, 0.15) is 17.5 Å². The van der Waals surface area contributed by atoms with Gasteiger partial charge in [0.05, 0.1) is 15.7 Å². The number of aromatic amines is 2. The van der Waals surface area contributed by atoms with E-state index in [0.29, 0.717) is 34.3 Å². The molecule has 1 unspecified atom stereocenters. The predicted octanol–water partition coefficient (Wildman–Crippen LogP) is 2.97. The molecule has 0 radical (unpaired) electrons. The third-order valence-corrected chi connectivity index (χ3v) is 5.45. The number of aromatic nitrogens is 3. The summed E-state index contributed by atoms with van der Waals surface area (Å²) in [5, 5.41) is 12.5. The van der Waals surface area contributed by atoms with E-state index in [9.17, 15) is 9.59 Å². The standard InChI is InChI=1S/C18H17Cl2N5O4/c1-8-13(19)14(20)15(22-8)16(26)23-11-3-2-9(17-24-25-18(27)29-17)6-12(11)28-10-4-5-21-7-10/h2-3,6,10,21-22H,4-5,7H2,1H3,(H,23,26)(H,25,27). The summed E-state index contributed by atoms with van der Waals surface area (Å²) in [4.78, 5) is 26.8. The molecule has 152 valence electrons. The van der Waals surface area contributed by atoms with E-state index >= 15 is 0 Å². The molecular weight excluding hydrogens is 421 g/mol. The second-order valence-corrected chi connectivity index (χ2v) is 7.32. The first-order chi connectivity index (χ1) is 13.9. The summed E-state index contributed by atoms with van der Waals surface area (Å²) in [6.45, 7) is 3.25. The lowest BCUT2D eigenvalue weighted by Gasteiger charge is -2.17. The lowest BCUT2D eigenvalue weighted by molar-refractivity contribution is 0.102. The lowest BCUT2D eigenvalue weighted by atomic mass is 10.1. The minimum Gasteiger partial charge on any atom is -0.487 e. The highest BCUT2D eigenvalue weighted by molar-refractivity contribution is 6.44. The number of nitrogens with zero attached hydrogens (tertiary/aromatic N) is 1. The maximum Gasteiger partial charge on any atom is 0.434 e. The van der Waals surface area contributed by atoms with Gasteiger partial charge in [-0.05, 0) is 38.1 Å². The summed E-state index contributed by atoms with van der Waals surface area (Å²) < 4.78 is 11.1. The Balaban J connectivity index is 1.66. The van der Waals surface area contributed by atoms with E-state index in [2.05, 4.69) is 25.8 Å². The maximum atomic E-state index is 12.7. The van der Waals surface area contributed by atoms with Crippen molar-refractivity contribution in [2.75, 3.05) is 18.4 Å². The molecule has 3 aromatic rings. The molecule has 1 saturated heterocycles. The van der Waals surface area contributed by atoms with Gasteiger partial charge in [-0.25, -0.2) is 9.89 Å². The second-order valence-electron chi connectivity index (χ2n) is 6.57. The Bertz CT molecular complexity index is 1110. The van der Waals surface area contributed by atoms with Crippen molar-refractivity contribution in [3.63, 3.8) is 0 Å². The van der Waals surface area contributed by atoms with Gasteiger partial charge in [-0.2, -0.15) is 0 Å². The Hall–Kier alpha value is -2.75. The molecule has 0 bridgehead atoms. The zero-order valence-corrected chi connectivity index (χ0v) is 16.8. The van der Waals surface area contributed by atoms with Crippen LogP contribution >= 0.6 is 23.2 Å². The molecule has 29 heavy (non-hydrogen) atoms. The number of hydrogen-bond acceptors (Lipinski definition) is 6. The van der Waals surface area contributed by atoms with E-state index in [1.807, 2.05) is 0 Å². The van der Waals surface area contributed by atoms with Crippen LogP contribution in [0.15, 0.2) is 27.4 Å². The number of hydrogen-bond donors (Lipinski definition) is 4. The Kier molecular flexibility index (Phi) is 5.35. The molecule has 1 aliphatic heterocycles. The zero-order valence-electron chi connectivity index (χ0n) is 15.3. The smallest absolute Gasteiger partial charge is 0.434 e. The van der Waals surface area contributed by atoms with Crippen molar-refractivity contribution >= 4 is 34.8 Å². The minimum atomic E-state index is -0.659. The topological polar surface area (TPSA) is 125 Å². The maximum absolute atomic E-state index is 12.7. The molecule has 1 aliphatic rings. The van der Waals surface area contributed by atoms with Gasteiger partial charge in [-0.3, -0.25) is 4.79 Å². The fourth-order valence-electron chi connectivity index (χ4n) is 3.03. The van der Waals surface area contributed by atoms with E-state index in [0.717, 1.165) is 13.0 Å². The van der Waals surface area contributed by atoms with Gasteiger partial charge in [0.2, 0.25) is 5.89 Å². The molecule has 3 heterocycles. The normalized spacial score (nSPS) is 16.2. The van der Waals surface area contributed by atoms with Gasteiger partial charge in [-0.15, -0.1) is 5.10 Å². The fraction of sp³-hybridized carbons (Fsp3) is 0.278. The average Bonchev–Trinajstić information content (AvgIpc) is 3.42. The quantitative estimate of drug-likeness (QED) is 0.486. The van der Waals surface area contributed by atoms with Crippen molar-refractivity contribution in [3.05, 3.63) is 50.2 Å². The molecule has 9 nitrogen and oxygen atoms in total.